The van der Waals surface area contributed by atoms with E-state index in [0.717, 1.165) is 13.0 Å². The average Bonchev–Trinajstić information content (AvgIpc) is 2.19. The number of aryl methyl sites for hydroxylation is 2. The molecule has 1 nitrogen and oxygen atoms in total. The minimum Gasteiger partial charge on any atom is -0.319 e. The molecule has 0 atom stereocenters. The molecule has 1 aromatic rings. The minimum absolute atomic E-state index is 1.05. The molecule has 0 aliphatic rings. The van der Waals surface area contributed by atoms with E-state index in [-0.39, 0.29) is 0 Å². The highest BCUT2D eigenvalue weighted by atomic mass is 32.2. The first-order valence-corrected chi connectivity index (χ1v) is 6.20. The van der Waals surface area contributed by atoms with Gasteiger partial charge in [-0.05, 0) is 62.9 Å². The molecule has 0 radical (unpaired) electrons. The molecule has 0 unspecified atom stereocenters. The van der Waals surface area contributed by atoms with Crippen LogP contribution in [-0.4, -0.2) is 19.8 Å². The van der Waals surface area contributed by atoms with E-state index in [1.165, 1.54) is 21.6 Å². The van der Waals surface area contributed by atoms with Crippen molar-refractivity contribution in [2.75, 3.05) is 19.8 Å². The van der Waals surface area contributed by atoms with Crippen molar-refractivity contribution in [3.05, 3.63) is 28.8 Å². The number of likely N-dealkylation sites (N-methyl/N-ethyl adjacent to an activating group) is 1. The first-order valence-electron chi connectivity index (χ1n) is 4.97. The highest BCUT2D eigenvalue weighted by Crippen LogP contribution is 2.24. The average molecular weight is 209 g/mol. The number of nitrogens with one attached hydrogen (secondary N) is 1. The molecule has 78 valence electrons. The monoisotopic (exact) mass is 209 g/mol. The zero-order valence-corrected chi connectivity index (χ0v) is 10.3. The normalized spacial score (nSPS) is 10.6. The molecule has 2 heteroatoms. The Bertz CT molecular complexity index is 307. The molecule has 0 heterocycles. The molecule has 1 rings (SSSR count). The Morgan fingerprint density at radius 1 is 1.21 bits per heavy atom. The summed E-state index contributed by atoms with van der Waals surface area (Å²) < 4.78 is 0. The van der Waals surface area contributed by atoms with Crippen LogP contribution >= 0.6 is 11.8 Å². The highest BCUT2D eigenvalue weighted by Gasteiger charge is 2.03. The summed E-state index contributed by atoms with van der Waals surface area (Å²) in [6.45, 7) is 5.41. The van der Waals surface area contributed by atoms with Gasteiger partial charge in [-0.2, -0.15) is 0 Å². The Balaban J connectivity index is 2.95. The van der Waals surface area contributed by atoms with Crippen molar-refractivity contribution in [3.63, 3.8) is 0 Å². The first kappa shape index (κ1) is 11.6. The molecule has 1 aromatic carbocycles. The third-order valence-corrected chi connectivity index (χ3v) is 3.36. The van der Waals surface area contributed by atoms with Gasteiger partial charge in [0.2, 0.25) is 0 Å². The van der Waals surface area contributed by atoms with Gasteiger partial charge in [0.05, 0.1) is 0 Å². The third kappa shape index (κ3) is 2.76. The van der Waals surface area contributed by atoms with E-state index in [9.17, 15) is 0 Å². The van der Waals surface area contributed by atoms with E-state index in [2.05, 4.69) is 37.6 Å². The fourth-order valence-corrected chi connectivity index (χ4v) is 2.21. The maximum atomic E-state index is 3.19. The molecule has 0 spiro atoms. The van der Waals surface area contributed by atoms with Gasteiger partial charge in [0.15, 0.2) is 0 Å². The van der Waals surface area contributed by atoms with Crippen LogP contribution in [0.1, 0.15) is 16.7 Å². The summed E-state index contributed by atoms with van der Waals surface area (Å²) in [6, 6.07) is 4.61. The lowest BCUT2D eigenvalue weighted by Gasteiger charge is -2.10. The smallest absolute Gasteiger partial charge is 0.0104 e. The van der Waals surface area contributed by atoms with Crippen LogP contribution in [0, 0.1) is 13.8 Å². The summed E-state index contributed by atoms with van der Waals surface area (Å²) in [4.78, 5) is 1.42. The molecule has 0 aliphatic carbocycles. The van der Waals surface area contributed by atoms with Gasteiger partial charge < -0.3 is 5.32 Å². The van der Waals surface area contributed by atoms with Crippen LogP contribution in [-0.2, 0) is 6.42 Å². The predicted molar refractivity (Wildman–Crippen MR) is 65.3 cm³/mol. The van der Waals surface area contributed by atoms with Gasteiger partial charge in [0, 0.05) is 4.90 Å². The topological polar surface area (TPSA) is 12.0 Å². The van der Waals surface area contributed by atoms with Crippen LogP contribution in [0.15, 0.2) is 17.0 Å². The van der Waals surface area contributed by atoms with Gasteiger partial charge in [0.25, 0.3) is 0 Å². The second kappa shape index (κ2) is 5.42. The zero-order valence-electron chi connectivity index (χ0n) is 9.48. The first-order chi connectivity index (χ1) is 6.69. The van der Waals surface area contributed by atoms with Gasteiger partial charge in [-0.1, -0.05) is 6.07 Å². The number of rotatable bonds is 4. The van der Waals surface area contributed by atoms with Crippen LogP contribution in [0.4, 0.5) is 0 Å². The number of hydrogen-bond donors (Lipinski definition) is 1. The Labute approximate surface area is 91.3 Å². The molecule has 0 fully saturated rings. The molecule has 1 N–H and O–H groups in total. The summed E-state index contributed by atoms with van der Waals surface area (Å²) in [5, 5.41) is 3.19. The van der Waals surface area contributed by atoms with Crippen LogP contribution in [0.5, 0.6) is 0 Å². The fourth-order valence-electron chi connectivity index (χ4n) is 1.49. The lowest BCUT2D eigenvalue weighted by atomic mass is 10.0. The lowest BCUT2D eigenvalue weighted by Crippen LogP contribution is -2.11. The molecule has 0 bridgehead atoms. The SMILES string of the molecule is CNCCc1cc(C)c(C)cc1SC. The minimum atomic E-state index is 1.05. The quantitative estimate of drug-likeness (QED) is 0.765. The van der Waals surface area contributed by atoms with Crippen molar-refractivity contribution >= 4 is 11.8 Å². The Morgan fingerprint density at radius 3 is 2.43 bits per heavy atom. The van der Waals surface area contributed by atoms with Crippen molar-refractivity contribution in [3.8, 4) is 0 Å². The molecule has 0 saturated carbocycles. The second-order valence-electron chi connectivity index (χ2n) is 3.60. The maximum Gasteiger partial charge on any atom is 0.0104 e. The summed E-state index contributed by atoms with van der Waals surface area (Å²) in [5.74, 6) is 0. The van der Waals surface area contributed by atoms with Gasteiger partial charge >= 0.3 is 0 Å². The van der Waals surface area contributed by atoms with Crippen molar-refractivity contribution < 1.29 is 0 Å². The van der Waals surface area contributed by atoms with Gasteiger partial charge in [0.1, 0.15) is 0 Å². The maximum absolute atomic E-state index is 3.19. The summed E-state index contributed by atoms with van der Waals surface area (Å²) >= 11 is 1.84. The number of thioether (sulfide) groups is 1. The van der Waals surface area contributed by atoms with E-state index in [1.807, 2.05) is 18.8 Å². The van der Waals surface area contributed by atoms with Crippen molar-refractivity contribution in [1.82, 2.24) is 5.32 Å². The lowest BCUT2D eigenvalue weighted by molar-refractivity contribution is 0.782. The molecular formula is C12H19NS. The molecule has 0 saturated heterocycles. The molecule has 0 amide bonds. The Hall–Kier alpha value is -0.470. The van der Waals surface area contributed by atoms with Gasteiger partial charge in [-0.25, -0.2) is 0 Å². The summed E-state index contributed by atoms with van der Waals surface area (Å²) in [7, 11) is 2.00. The van der Waals surface area contributed by atoms with Crippen LogP contribution in [0.3, 0.4) is 0 Å². The fraction of sp³-hybridized carbons (Fsp3) is 0.500. The molecule has 14 heavy (non-hydrogen) atoms. The zero-order chi connectivity index (χ0) is 10.6. The molecule has 0 aliphatic heterocycles. The van der Waals surface area contributed by atoms with Crippen LogP contribution < -0.4 is 5.32 Å². The largest absolute Gasteiger partial charge is 0.319 e. The van der Waals surface area contributed by atoms with Crippen LogP contribution in [0.25, 0.3) is 0 Å². The van der Waals surface area contributed by atoms with Crippen molar-refractivity contribution in [2.45, 2.75) is 25.2 Å². The second-order valence-corrected chi connectivity index (χ2v) is 4.45. The van der Waals surface area contributed by atoms with E-state index >= 15 is 0 Å². The number of hydrogen-bond acceptors (Lipinski definition) is 2. The van der Waals surface area contributed by atoms with E-state index in [4.69, 9.17) is 0 Å². The van der Waals surface area contributed by atoms with Gasteiger partial charge in [-0.15, -0.1) is 11.8 Å². The standard InChI is InChI=1S/C12H19NS/c1-9-7-11(5-6-13-3)12(14-4)8-10(9)2/h7-8,13H,5-6H2,1-4H3. The Morgan fingerprint density at radius 2 is 1.86 bits per heavy atom. The van der Waals surface area contributed by atoms with Crippen molar-refractivity contribution in [1.29, 1.82) is 0 Å². The summed E-state index contributed by atoms with van der Waals surface area (Å²) in [6.07, 6.45) is 3.26. The third-order valence-electron chi connectivity index (χ3n) is 2.54. The van der Waals surface area contributed by atoms with E-state index < -0.39 is 0 Å². The summed E-state index contributed by atoms with van der Waals surface area (Å²) in [5.41, 5.74) is 4.26. The number of benzene rings is 1. The van der Waals surface area contributed by atoms with Crippen LogP contribution in [0.2, 0.25) is 0 Å². The molecular weight excluding hydrogens is 190 g/mol. The molecule has 0 aromatic heterocycles. The van der Waals surface area contributed by atoms with E-state index in [1.54, 1.807) is 0 Å². The predicted octanol–water partition coefficient (Wildman–Crippen LogP) is 2.79. The Kier molecular flexibility index (Phi) is 4.49. The van der Waals surface area contributed by atoms with Crippen molar-refractivity contribution in [2.24, 2.45) is 0 Å². The highest BCUT2D eigenvalue weighted by molar-refractivity contribution is 7.98. The van der Waals surface area contributed by atoms with Gasteiger partial charge in [-0.3, -0.25) is 0 Å². The van der Waals surface area contributed by atoms with E-state index in [0.29, 0.717) is 0 Å².